The third-order valence-electron chi connectivity index (χ3n) is 4.54. The highest BCUT2D eigenvalue weighted by molar-refractivity contribution is 5.76. The van der Waals surface area contributed by atoms with Crippen LogP contribution in [0.3, 0.4) is 0 Å². The highest BCUT2D eigenvalue weighted by Gasteiger charge is 2.24. The number of hydrogen-bond donors (Lipinski definition) is 0. The highest BCUT2D eigenvalue weighted by atomic mass is 16.2. The van der Waals surface area contributed by atoms with Crippen LogP contribution in [0.1, 0.15) is 30.1 Å². The first kappa shape index (κ1) is 15.7. The Hall–Kier alpha value is -2.17. The van der Waals surface area contributed by atoms with Crippen LogP contribution in [-0.2, 0) is 17.8 Å². The first-order valence-corrected chi connectivity index (χ1v) is 8.30. The number of imidazole rings is 1. The van der Waals surface area contributed by atoms with E-state index in [9.17, 15) is 4.79 Å². The smallest absolute Gasteiger partial charge is 0.242 e. The molecule has 1 saturated heterocycles. The van der Waals surface area contributed by atoms with E-state index in [1.165, 1.54) is 6.42 Å². The summed E-state index contributed by atoms with van der Waals surface area (Å²) in [5.41, 5.74) is 2.19. The average molecular weight is 312 g/mol. The summed E-state index contributed by atoms with van der Waals surface area (Å²) in [5, 5.41) is 0. The molecular formula is C18H24N4O. The van der Waals surface area contributed by atoms with Crippen molar-refractivity contribution in [3.8, 4) is 0 Å². The van der Waals surface area contributed by atoms with Gasteiger partial charge in [0.1, 0.15) is 12.4 Å². The summed E-state index contributed by atoms with van der Waals surface area (Å²) in [6.45, 7) is 6.04. The fraction of sp³-hybridized carbons (Fsp3) is 0.500. The number of piperidine rings is 1. The number of likely N-dealkylation sites (tertiary alicyclic amines) is 1. The summed E-state index contributed by atoms with van der Waals surface area (Å²) in [4.78, 5) is 23.3. The van der Waals surface area contributed by atoms with Crippen LogP contribution in [0.2, 0.25) is 0 Å². The van der Waals surface area contributed by atoms with E-state index >= 15 is 0 Å². The van der Waals surface area contributed by atoms with Gasteiger partial charge >= 0.3 is 0 Å². The number of carbonyl (C=O) groups is 1. The summed E-state index contributed by atoms with van der Waals surface area (Å²) in [6, 6.07) is 6.17. The molecule has 0 saturated carbocycles. The third kappa shape index (κ3) is 3.97. The summed E-state index contributed by atoms with van der Waals surface area (Å²) < 4.78 is 1.91. The van der Waals surface area contributed by atoms with E-state index in [0.717, 1.165) is 43.1 Å². The number of aromatic nitrogens is 3. The minimum Gasteiger partial charge on any atom is -0.341 e. The quantitative estimate of drug-likeness (QED) is 0.871. The molecule has 1 aliphatic heterocycles. The van der Waals surface area contributed by atoms with Crippen LogP contribution in [0.5, 0.6) is 0 Å². The molecule has 1 aliphatic rings. The van der Waals surface area contributed by atoms with Gasteiger partial charge in [-0.2, -0.15) is 0 Å². The fourth-order valence-corrected chi connectivity index (χ4v) is 3.28. The van der Waals surface area contributed by atoms with Crippen molar-refractivity contribution in [2.45, 2.75) is 39.7 Å². The zero-order chi connectivity index (χ0) is 16.2. The maximum absolute atomic E-state index is 12.5. The van der Waals surface area contributed by atoms with Gasteiger partial charge in [0.2, 0.25) is 5.91 Å². The van der Waals surface area contributed by atoms with Gasteiger partial charge in [0.25, 0.3) is 0 Å². The molecule has 0 aliphatic carbocycles. The topological polar surface area (TPSA) is 51.0 Å². The molecule has 0 bridgehead atoms. The minimum atomic E-state index is 0.188. The Morgan fingerprint density at radius 2 is 2.22 bits per heavy atom. The predicted octanol–water partition coefficient (Wildman–Crippen LogP) is 2.38. The Balaban J connectivity index is 1.59. The molecule has 5 nitrogen and oxygen atoms in total. The van der Waals surface area contributed by atoms with Crippen LogP contribution >= 0.6 is 0 Å². The standard InChI is InChI=1S/C18H24N4O/c1-14-5-3-7-17(20-14)11-16-6-4-9-22(12-16)18(23)13-21-10-8-19-15(21)2/h3,5,7-8,10,16H,4,6,9,11-13H2,1-2H3. The SMILES string of the molecule is Cc1cccc(CC2CCCN(C(=O)Cn3ccnc3C)C2)n1. The largest absolute Gasteiger partial charge is 0.341 e. The molecule has 0 spiro atoms. The lowest BCUT2D eigenvalue weighted by atomic mass is 9.93. The molecule has 0 N–H and O–H groups in total. The Labute approximate surface area is 137 Å². The molecule has 23 heavy (non-hydrogen) atoms. The summed E-state index contributed by atoms with van der Waals surface area (Å²) in [5.74, 6) is 1.58. The Morgan fingerprint density at radius 1 is 1.35 bits per heavy atom. The van der Waals surface area contributed by atoms with Crippen molar-refractivity contribution in [3.63, 3.8) is 0 Å². The second-order valence-electron chi connectivity index (χ2n) is 6.42. The first-order valence-electron chi connectivity index (χ1n) is 8.30. The molecule has 3 heterocycles. The fourth-order valence-electron chi connectivity index (χ4n) is 3.28. The molecule has 3 rings (SSSR count). The van der Waals surface area contributed by atoms with Crippen molar-refractivity contribution in [1.29, 1.82) is 0 Å². The summed E-state index contributed by atoms with van der Waals surface area (Å²) in [7, 11) is 0. The molecule has 2 aromatic heterocycles. The molecule has 122 valence electrons. The number of nitrogens with zero attached hydrogens (tertiary/aromatic N) is 4. The van der Waals surface area contributed by atoms with Crippen molar-refractivity contribution < 1.29 is 4.79 Å². The van der Waals surface area contributed by atoms with E-state index in [2.05, 4.69) is 22.1 Å². The monoisotopic (exact) mass is 312 g/mol. The van der Waals surface area contributed by atoms with Gasteiger partial charge in [0, 0.05) is 36.9 Å². The van der Waals surface area contributed by atoms with Gasteiger partial charge in [0.15, 0.2) is 0 Å². The molecule has 0 radical (unpaired) electrons. The van der Waals surface area contributed by atoms with Crippen LogP contribution in [0.4, 0.5) is 0 Å². The third-order valence-corrected chi connectivity index (χ3v) is 4.54. The number of pyridine rings is 1. The van der Waals surface area contributed by atoms with Crippen LogP contribution in [0.25, 0.3) is 0 Å². The molecule has 0 aromatic carbocycles. The maximum Gasteiger partial charge on any atom is 0.242 e. The van der Waals surface area contributed by atoms with Gasteiger partial charge in [-0.3, -0.25) is 9.78 Å². The average Bonchev–Trinajstić information content (AvgIpc) is 2.93. The number of aryl methyl sites for hydroxylation is 2. The van der Waals surface area contributed by atoms with E-state index < -0.39 is 0 Å². The molecule has 1 atom stereocenters. The van der Waals surface area contributed by atoms with E-state index in [-0.39, 0.29) is 5.91 Å². The molecule has 5 heteroatoms. The normalized spacial score (nSPS) is 18.2. The van der Waals surface area contributed by atoms with E-state index in [1.54, 1.807) is 6.20 Å². The van der Waals surface area contributed by atoms with E-state index in [0.29, 0.717) is 12.5 Å². The van der Waals surface area contributed by atoms with Gasteiger partial charge in [-0.25, -0.2) is 4.98 Å². The predicted molar refractivity (Wildman–Crippen MR) is 88.9 cm³/mol. The molecule has 1 fully saturated rings. The van der Waals surface area contributed by atoms with Gasteiger partial charge in [-0.05, 0) is 51.2 Å². The van der Waals surface area contributed by atoms with Gasteiger partial charge in [0.05, 0.1) is 0 Å². The highest BCUT2D eigenvalue weighted by Crippen LogP contribution is 2.20. The van der Waals surface area contributed by atoms with E-state index in [4.69, 9.17) is 0 Å². The van der Waals surface area contributed by atoms with Gasteiger partial charge < -0.3 is 9.47 Å². The molecule has 1 unspecified atom stereocenters. The van der Waals surface area contributed by atoms with Gasteiger partial charge in [-0.15, -0.1) is 0 Å². The Kier molecular flexibility index (Phi) is 4.74. The number of amides is 1. The minimum absolute atomic E-state index is 0.188. The lowest BCUT2D eigenvalue weighted by Gasteiger charge is -2.33. The van der Waals surface area contributed by atoms with Crippen LogP contribution in [0.15, 0.2) is 30.6 Å². The summed E-state index contributed by atoms with van der Waals surface area (Å²) >= 11 is 0. The van der Waals surface area contributed by atoms with Crippen LogP contribution < -0.4 is 0 Å². The van der Waals surface area contributed by atoms with Crippen LogP contribution in [0, 0.1) is 19.8 Å². The lowest BCUT2D eigenvalue weighted by molar-refractivity contribution is -0.133. The number of carbonyl (C=O) groups excluding carboxylic acids is 1. The van der Waals surface area contributed by atoms with Gasteiger partial charge in [-0.1, -0.05) is 6.07 Å². The number of rotatable bonds is 4. The molecular weight excluding hydrogens is 288 g/mol. The molecule has 1 amide bonds. The van der Waals surface area contributed by atoms with Crippen LogP contribution in [-0.4, -0.2) is 38.4 Å². The summed E-state index contributed by atoms with van der Waals surface area (Å²) in [6.07, 6.45) is 6.81. The van der Waals surface area contributed by atoms with Crippen molar-refractivity contribution in [2.75, 3.05) is 13.1 Å². The maximum atomic E-state index is 12.5. The second-order valence-corrected chi connectivity index (χ2v) is 6.42. The second kappa shape index (κ2) is 6.94. The Bertz CT molecular complexity index is 679. The van der Waals surface area contributed by atoms with Crippen molar-refractivity contribution in [3.05, 3.63) is 47.8 Å². The van der Waals surface area contributed by atoms with Crippen molar-refractivity contribution >= 4 is 5.91 Å². The zero-order valence-corrected chi connectivity index (χ0v) is 13.9. The lowest BCUT2D eigenvalue weighted by Crippen LogP contribution is -2.42. The molecule has 2 aromatic rings. The van der Waals surface area contributed by atoms with E-state index in [1.807, 2.05) is 35.6 Å². The zero-order valence-electron chi connectivity index (χ0n) is 13.9. The first-order chi connectivity index (χ1) is 11.1. The number of hydrogen-bond acceptors (Lipinski definition) is 3. The van der Waals surface area contributed by atoms with Crippen molar-refractivity contribution in [1.82, 2.24) is 19.4 Å². The van der Waals surface area contributed by atoms with Crippen molar-refractivity contribution in [2.24, 2.45) is 5.92 Å². The Morgan fingerprint density at radius 3 is 2.96 bits per heavy atom.